The van der Waals surface area contributed by atoms with E-state index in [1.165, 1.54) is 12.1 Å². The average molecular weight is 444 g/mol. The van der Waals surface area contributed by atoms with Gasteiger partial charge >= 0.3 is 5.97 Å². The van der Waals surface area contributed by atoms with Gasteiger partial charge in [0.25, 0.3) is 17.5 Å². The molecule has 9 heteroatoms. The number of hydrogen-bond donors (Lipinski definition) is 0. The van der Waals surface area contributed by atoms with E-state index in [-0.39, 0.29) is 23.5 Å². The number of ketones is 1. The summed E-state index contributed by atoms with van der Waals surface area (Å²) in [5.74, 6) is -2.70. The number of esters is 1. The van der Waals surface area contributed by atoms with E-state index in [0.717, 1.165) is 6.07 Å². The maximum atomic E-state index is 12.5. The first-order valence-electron chi connectivity index (χ1n) is 9.84. The summed E-state index contributed by atoms with van der Waals surface area (Å²) in [5.41, 5.74) is 0.680. The third-order valence-electron chi connectivity index (χ3n) is 5.11. The maximum absolute atomic E-state index is 12.5. The summed E-state index contributed by atoms with van der Waals surface area (Å²) >= 11 is 0. The highest BCUT2D eigenvalue weighted by Crippen LogP contribution is 2.30. The Kier molecular flexibility index (Phi) is 5.77. The summed E-state index contributed by atoms with van der Waals surface area (Å²) in [6, 6.07) is 19.0. The van der Waals surface area contributed by atoms with Gasteiger partial charge in [0, 0.05) is 17.2 Å². The molecule has 0 aliphatic carbocycles. The maximum Gasteiger partial charge on any atom is 0.326 e. The second-order valence-corrected chi connectivity index (χ2v) is 7.21. The van der Waals surface area contributed by atoms with Crippen LogP contribution in [0, 0.1) is 10.1 Å². The van der Waals surface area contributed by atoms with Gasteiger partial charge in [-0.1, -0.05) is 60.7 Å². The molecule has 0 bridgehead atoms. The van der Waals surface area contributed by atoms with E-state index in [2.05, 4.69) is 0 Å². The van der Waals surface area contributed by atoms with Gasteiger partial charge in [-0.2, -0.15) is 0 Å². The Morgan fingerprint density at radius 1 is 0.848 bits per heavy atom. The second-order valence-electron chi connectivity index (χ2n) is 7.21. The molecule has 0 unspecified atom stereocenters. The zero-order chi connectivity index (χ0) is 23.5. The number of carbonyl (C=O) groups excluding carboxylic acids is 4. The fraction of sp³-hybridized carbons (Fsp3) is 0.0833. The molecule has 0 radical (unpaired) electrons. The smallest absolute Gasteiger partial charge is 0.326 e. The van der Waals surface area contributed by atoms with Crippen molar-refractivity contribution in [2.45, 2.75) is 6.61 Å². The van der Waals surface area contributed by atoms with Gasteiger partial charge in [-0.15, -0.1) is 0 Å². The lowest BCUT2D eigenvalue weighted by Crippen LogP contribution is -2.35. The molecule has 2 amide bonds. The molecule has 0 aromatic heterocycles. The number of carbonyl (C=O) groups is 4. The molecule has 3 aromatic rings. The minimum Gasteiger partial charge on any atom is -0.459 e. The molecular weight excluding hydrogens is 428 g/mol. The number of rotatable bonds is 7. The lowest BCUT2D eigenvalue weighted by molar-refractivity contribution is -0.385. The molecule has 1 aliphatic heterocycles. The normalized spacial score (nSPS) is 12.4. The van der Waals surface area contributed by atoms with Crippen LogP contribution < -0.4 is 0 Å². The van der Waals surface area contributed by atoms with E-state index < -0.39 is 34.9 Å². The zero-order valence-corrected chi connectivity index (χ0v) is 17.1. The van der Waals surface area contributed by atoms with Crippen LogP contribution in [0.15, 0.2) is 72.8 Å². The summed E-state index contributed by atoms with van der Waals surface area (Å²) < 4.78 is 5.14. The highest BCUT2D eigenvalue weighted by molar-refractivity contribution is 6.24. The third kappa shape index (κ3) is 4.24. The van der Waals surface area contributed by atoms with E-state index in [9.17, 15) is 29.3 Å². The average Bonchev–Trinajstić information content (AvgIpc) is 3.08. The molecule has 0 saturated carbocycles. The quantitative estimate of drug-likeness (QED) is 0.180. The SMILES string of the molecule is O=C(CN1C(=O)c2cccc([N+](=O)[O-])c2C1=O)OCc1ccc(C(=O)c2ccccc2)cc1. The van der Waals surface area contributed by atoms with Crippen LogP contribution in [-0.4, -0.2) is 39.9 Å². The zero-order valence-electron chi connectivity index (χ0n) is 17.1. The monoisotopic (exact) mass is 444 g/mol. The Morgan fingerprint density at radius 2 is 1.52 bits per heavy atom. The van der Waals surface area contributed by atoms with E-state index in [1.807, 2.05) is 6.07 Å². The molecular formula is C24H16N2O7. The molecule has 1 aliphatic rings. The first kappa shape index (κ1) is 21.6. The van der Waals surface area contributed by atoms with Gasteiger partial charge in [-0.3, -0.25) is 34.2 Å². The Bertz CT molecular complexity index is 1280. The minimum absolute atomic E-state index is 0.124. The number of hydrogen-bond acceptors (Lipinski definition) is 7. The van der Waals surface area contributed by atoms with Crippen LogP contribution in [0.1, 0.15) is 42.2 Å². The third-order valence-corrected chi connectivity index (χ3v) is 5.11. The number of nitro groups is 1. The number of amides is 2. The highest BCUT2D eigenvalue weighted by atomic mass is 16.6. The van der Waals surface area contributed by atoms with E-state index >= 15 is 0 Å². The van der Waals surface area contributed by atoms with Crippen LogP contribution in [0.4, 0.5) is 5.69 Å². The van der Waals surface area contributed by atoms with Gasteiger partial charge in [-0.05, 0) is 11.6 Å². The summed E-state index contributed by atoms with van der Waals surface area (Å²) in [4.78, 5) is 60.7. The lowest BCUT2D eigenvalue weighted by atomic mass is 10.0. The first-order valence-corrected chi connectivity index (χ1v) is 9.84. The second kappa shape index (κ2) is 8.83. The standard InChI is InChI=1S/C24H16N2O7/c27-20(13-25-23(29)18-7-4-8-19(26(31)32)21(18)24(25)30)33-14-15-9-11-17(12-10-15)22(28)16-5-2-1-3-6-16/h1-12H,13-14H2. The van der Waals surface area contributed by atoms with Crippen LogP contribution >= 0.6 is 0 Å². The highest BCUT2D eigenvalue weighted by Gasteiger charge is 2.41. The largest absolute Gasteiger partial charge is 0.459 e. The van der Waals surface area contributed by atoms with Gasteiger partial charge in [0.1, 0.15) is 18.7 Å². The van der Waals surface area contributed by atoms with Crippen molar-refractivity contribution in [1.29, 1.82) is 0 Å². The van der Waals surface area contributed by atoms with E-state index in [1.54, 1.807) is 48.5 Å². The number of nitro benzene ring substituents is 1. The van der Waals surface area contributed by atoms with Crippen LogP contribution in [-0.2, 0) is 16.1 Å². The fourth-order valence-electron chi connectivity index (χ4n) is 3.46. The minimum atomic E-state index is -0.914. The van der Waals surface area contributed by atoms with Gasteiger partial charge in [-0.25, -0.2) is 0 Å². The number of benzene rings is 3. The van der Waals surface area contributed by atoms with Crippen LogP contribution in [0.25, 0.3) is 0 Å². The summed E-state index contributed by atoms with van der Waals surface area (Å²) in [5, 5.41) is 11.2. The molecule has 0 atom stereocenters. The molecule has 1 heterocycles. The molecule has 33 heavy (non-hydrogen) atoms. The Morgan fingerprint density at radius 3 is 2.18 bits per heavy atom. The predicted molar refractivity (Wildman–Crippen MR) is 115 cm³/mol. The molecule has 4 rings (SSSR count). The summed E-state index contributed by atoms with van der Waals surface area (Å²) in [6.07, 6.45) is 0. The van der Waals surface area contributed by atoms with Crippen molar-refractivity contribution < 1.29 is 28.8 Å². The molecule has 164 valence electrons. The summed E-state index contributed by atoms with van der Waals surface area (Å²) in [6.45, 7) is -0.809. The van der Waals surface area contributed by atoms with Crippen molar-refractivity contribution in [3.63, 3.8) is 0 Å². The number of fused-ring (bicyclic) bond motifs is 1. The fourth-order valence-corrected chi connectivity index (χ4v) is 3.46. The predicted octanol–water partition coefficient (Wildman–Crippen LogP) is 3.17. The van der Waals surface area contributed by atoms with Crippen molar-refractivity contribution in [3.8, 4) is 0 Å². The van der Waals surface area contributed by atoms with E-state index in [0.29, 0.717) is 21.6 Å². The van der Waals surface area contributed by atoms with Gasteiger partial charge in [0.05, 0.1) is 10.5 Å². The van der Waals surface area contributed by atoms with Crippen LogP contribution in [0.2, 0.25) is 0 Å². The topological polar surface area (TPSA) is 124 Å². The van der Waals surface area contributed by atoms with Gasteiger partial charge in [0.15, 0.2) is 5.78 Å². The molecule has 9 nitrogen and oxygen atoms in total. The van der Waals surface area contributed by atoms with Crippen molar-refractivity contribution in [2.75, 3.05) is 6.54 Å². The molecule has 0 spiro atoms. The molecule has 0 saturated heterocycles. The van der Waals surface area contributed by atoms with Crippen molar-refractivity contribution in [2.24, 2.45) is 0 Å². The Labute approximate surface area is 187 Å². The molecule has 3 aromatic carbocycles. The Hall–Kier alpha value is -4.66. The first-order chi connectivity index (χ1) is 15.9. The Balaban J connectivity index is 1.38. The molecule has 0 N–H and O–H groups in total. The van der Waals surface area contributed by atoms with E-state index in [4.69, 9.17) is 4.74 Å². The number of imide groups is 1. The van der Waals surface area contributed by atoms with Gasteiger partial charge in [0.2, 0.25) is 0 Å². The van der Waals surface area contributed by atoms with Gasteiger partial charge < -0.3 is 4.74 Å². The van der Waals surface area contributed by atoms with Crippen LogP contribution in [0.5, 0.6) is 0 Å². The molecule has 0 fully saturated rings. The number of ether oxygens (including phenoxy) is 1. The van der Waals surface area contributed by atoms with Crippen molar-refractivity contribution in [3.05, 3.63) is 111 Å². The summed E-state index contributed by atoms with van der Waals surface area (Å²) in [7, 11) is 0. The number of nitrogens with zero attached hydrogens (tertiary/aromatic N) is 2. The lowest BCUT2D eigenvalue weighted by Gasteiger charge is -2.13. The van der Waals surface area contributed by atoms with Crippen molar-refractivity contribution >= 4 is 29.3 Å². The van der Waals surface area contributed by atoms with Crippen LogP contribution in [0.3, 0.4) is 0 Å². The van der Waals surface area contributed by atoms with Crippen molar-refractivity contribution in [1.82, 2.24) is 4.90 Å².